The summed E-state index contributed by atoms with van der Waals surface area (Å²) in [6.07, 6.45) is 6.64. The van der Waals surface area contributed by atoms with E-state index in [0.29, 0.717) is 37.7 Å². The third-order valence-corrected chi connectivity index (χ3v) is 5.09. The van der Waals surface area contributed by atoms with E-state index in [0.717, 1.165) is 24.1 Å². The lowest BCUT2D eigenvalue weighted by Gasteiger charge is -2.33. The summed E-state index contributed by atoms with van der Waals surface area (Å²) < 4.78 is 5.38. The highest BCUT2D eigenvalue weighted by atomic mass is 16.5. The minimum absolute atomic E-state index is 0.0602. The monoisotopic (exact) mass is 354 g/mol. The van der Waals surface area contributed by atoms with Crippen molar-refractivity contribution in [3.63, 3.8) is 0 Å². The summed E-state index contributed by atoms with van der Waals surface area (Å²) in [6, 6.07) is 5.94. The van der Waals surface area contributed by atoms with Crippen molar-refractivity contribution in [2.75, 3.05) is 13.6 Å². The second-order valence-electron chi connectivity index (χ2n) is 7.12. The van der Waals surface area contributed by atoms with Gasteiger partial charge in [0.15, 0.2) is 5.76 Å². The van der Waals surface area contributed by atoms with Gasteiger partial charge in [-0.1, -0.05) is 5.16 Å². The third kappa shape index (κ3) is 3.47. The van der Waals surface area contributed by atoms with Crippen molar-refractivity contribution in [2.24, 2.45) is 5.92 Å². The van der Waals surface area contributed by atoms with E-state index in [-0.39, 0.29) is 17.7 Å². The molecule has 2 aromatic heterocycles. The number of rotatable bonds is 5. The average molecular weight is 354 g/mol. The average Bonchev–Trinajstić information content (AvgIpc) is 3.41. The van der Waals surface area contributed by atoms with Gasteiger partial charge in [0.2, 0.25) is 11.8 Å². The molecule has 26 heavy (non-hydrogen) atoms. The molecule has 0 radical (unpaired) electrons. The first-order valence-corrected chi connectivity index (χ1v) is 9.02. The van der Waals surface area contributed by atoms with Gasteiger partial charge in [0.1, 0.15) is 5.69 Å². The Morgan fingerprint density at radius 1 is 1.31 bits per heavy atom. The van der Waals surface area contributed by atoms with Crippen LogP contribution < -0.4 is 0 Å². The van der Waals surface area contributed by atoms with Crippen molar-refractivity contribution in [1.29, 1.82) is 0 Å². The molecular formula is C19H22N4O3. The predicted octanol–water partition coefficient (Wildman–Crippen LogP) is 2.10. The molecule has 3 heterocycles. The first-order valence-electron chi connectivity index (χ1n) is 9.02. The van der Waals surface area contributed by atoms with E-state index < -0.39 is 0 Å². The molecule has 1 aliphatic heterocycles. The van der Waals surface area contributed by atoms with Crippen molar-refractivity contribution in [1.82, 2.24) is 19.9 Å². The normalized spacial score (nSPS) is 20.3. The second kappa shape index (κ2) is 6.90. The topological polar surface area (TPSA) is 79.5 Å². The molecule has 136 valence electrons. The van der Waals surface area contributed by atoms with Crippen LogP contribution in [-0.4, -0.2) is 51.4 Å². The Hall–Kier alpha value is -2.70. The molecule has 0 N–H and O–H groups in total. The first-order chi connectivity index (χ1) is 12.6. The quantitative estimate of drug-likeness (QED) is 0.821. The molecule has 2 amide bonds. The van der Waals surface area contributed by atoms with E-state index in [1.165, 1.54) is 0 Å². The Balaban J connectivity index is 1.38. The maximum absolute atomic E-state index is 12.8. The fraction of sp³-hybridized carbons (Fsp3) is 0.474. The lowest BCUT2D eigenvalue weighted by molar-refractivity contribution is -0.143. The molecule has 7 heteroatoms. The molecule has 1 saturated carbocycles. The van der Waals surface area contributed by atoms with Gasteiger partial charge < -0.3 is 14.3 Å². The summed E-state index contributed by atoms with van der Waals surface area (Å²) in [5.74, 6) is 0.765. The molecule has 7 nitrogen and oxygen atoms in total. The summed E-state index contributed by atoms with van der Waals surface area (Å²) >= 11 is 0. The van der Waals surface area contributed by atoms with Crippen LogP contribution in [0.3, 0.4) is 0 Å². The number of amides is 2. The van der Waals surface area contributed by atoms with Crippen LogP contribution in [0.5, 0.6) is 0 Å². The second-order valence-corrected chi connectivity index (χ2v) is 7.12. The minimum Gasteiger partial charge on any atom is -0.359 e. The Bertz CT molecular complexity index is 800. The number of nitrogens with zero attached hydrogens (tertiary/aromatic N) is 4. The van der Waals surface area contributed by atoms with Gasteiger partial charge in [-0.2, -0.15) is 0 Å². The molecular weight excluding hydrogens is 332 g/mol. The fourth-order valence-electron chi connectivity index (χ4n) is 3.48. The number of aromatic nitrogens is 2. The van der Waals surface area contributed by atoms with Crippen LogP contribution in [0.1, 0.15) is 31.4 Å². The summed E-state index contributed by atoms with van der Waals surface area (Å²) in [5.41, 5.74) is 1.65. The molecule has 1 unspecified atom stereocenters. The minimum atomic E-state index is -0.124. The van der Waals surface area contributed by atoms with Crippen LogP contribution in [-0.2, 0) is 16.1 Å². The number of hydrogen-bond donors (Lipinski definition) is 0. The van der Waals surface area contributed by atoms with E-state index in [1.54, 1.807) is 24.3 Å². The summed E-state index contributed by atoms with van der Waals surface area (Å²) in [7, 11) is 1.77. The zero-order valence-corrected chi connectivity index (χ0v) is 14.8. The maximum Gasteiger partial charge on any atom is 0.227 e. The van der Waals surface area contributed by atoms with Gasteiger partial charge in [-0.25, -0.2) is 0 Å². The van der Waals surface area contributed by atoms with Crippen LogP contribution in [0.4, 0.5) is 0 Å². The number of hydrogen-bond acceptors (Lipinski definition) is 5. The van der Waals surface area contributed by atoms with Crippen molar-refractivity contribution >= 4 is 11.8 Å². The zero-order valence-electron chi connectivity index (χ0n) is 14.8. The van der Waals surface area contributed by atoms with Crippen LogP contribution in [0.15, 0.2) is 35.1 Å². The lowest BCUT2D eigenvalue weighted by atomic mass is 9.96. The highest BCUT2D eigenvalue weighted by molar-refractivity contribution is 5.84. The predicted molar refractivity (Wildman–Crippen MR) is 93.7 cm³/mol. The van der Waals surface area contributed by atoms with Gasteiger partial charge in [0.05, 0.1) is 12.5 Å². The smallest absolute Gasteiger partial charge is 0.227 e. The van der Waals surface area contributed by atoms with Crippen molar-refractivity contribution < 1.29 is 14.1 Å². The van der Waals surface area contributed by atoms with Crippen molar-refractivity contribution in [3.8, 4) is 11.3 Å². The molecule has 0 spiro atoms. The molecule has 4 rings (SSSR count). The van der Waals surface area contributed by atoms with E-state index >= 15 is 0 Å². The molecule has 2 aromatic rings. The SMILES string of the molecule is CN(Cc1cc(-c2ccncc2)no1)C(=O)C1CCC(=O)N(C2CC2)C1. The molecule has 2 fully saturated rings. The standard InChI is InChI=1S/C19H22N4O3/c1-22(12-16-10-17(21-26-16)13-6-8-20-9-7-13)19(25)14-2-5-18(24)23(11-14)15-3-4-15/h6-10,14-15H,2-5,11-12H2,1H3. The van der Waals surface area contributed by atoms with Gasteiger partial charge in [0.25, 0.3) is 0 Å². The molecule has 0 aromatic carbocycles. The zero-order chi connectivity index (χ0) is 18.1. The number of carbonyl (C=O) groups is 2. The van der Waals surface area contributed by atoms with Gasteiger partial charge in [-0.15, -0.1) is 0 Å². The van der Waals surface area contributed by atoms with E-state index in [4.69, 9.17) is 4.52 Å². The van der Waals surface area contributed by atoms with E-state index in [1.807, 2.05) is 23.1 Å². The van der Waals surface area contributed by atoms with Gasteiger partial charge in [-0.05, 0) is 31.4 Å². The van der Waals surface area contributed by atoms with Gasteiger partial charge >= 0.3 is 0 Å². The number of carbonyl (C=O) groups excluding carboxylic acids is 2. The Morgan fingerprint density at radius 2 is 2.08 bits per heavy atom. The highest BCUT2D eigenvalue weighted by Gasteiger charge is 2.39. The summed E-state index contributed by atoms with van der Waals surface area (Å²) in [6.45, 7) is 0.913. The van der Waals surface area contributed by atoms with E-state index in [2.05, 4.69) is 10.1 Å². The number of likely N-dealkylation sites (tertiary alicyclic amines) is 1. The summed E-state index contributed by atoms with van der Waals surface area (Å²) in [5, 5.41) is 4.07. The van der Waals surface area contributed by atoms with Crippen molar-refractivity contribution in [2.45, 2.75) is 38.3 Å². The number of piperidine rings is 1. The fourth-order valence-corrected chi connectivity index (χ4v) is 3.48. The van der Waals surface area contributed by atoms with Gasteiger partial charge in [0, 0.05) is 50.1 Å². The molecule has 1 aliphatic carbocycles. The number of pyridine rings is 1. The molecule has 0 bridgehead atoms. The van der Waals surface area contributed by atoms with Crippen LogP contribution in [0.25, 0.3) is 11.3 Å². The van der Waals surface area contributed by atoms with Gasteiger partial charge in [-0.3, -0.25) is 14.6 Å². The Morgan fingerprint density at radius 3 is 2.81 bits per heavy atom. The van der Waals surface area contributed by atoms with Crippen molar-refractivity contribution in [3.05, 3.63) is 36.4 Å². The van der Waals surface area contributed by atoms with Crippen LogP contribution >= 0.6 is 0 Å². The first kappa shape index (κ1) is 16.8. The van der Waals surface area contributed by atoms with Crippen LogP contribution in [0.2, 0.25) is 0 Å². The Labute approximate surface area is 152 Å². The van der Waals surface area contributed by atoms with E-state index in [9.17, 15) is 9.59 Å². The third-order valence-electron chi connectivity index (χ3n) is 5.09. The Kier molecular flexibility index (Phi) is 4.44. The summed E-state index contributed by atoms with van der Waals surface area (Å²) in [4.78, 5) is 32.4. The molecule has 1 atom stereocenters. The largest absolute Gasteiger partial charge is 0.359 e. The molecule has 2 aliphatic rings. The lowest BCUT2D eigenvalue weighted by Crippen LogP contribution is -2.46. The molecule has 1 saturated heterocycles. The maximum atomic E-state index is 12.8. The van der Waals surface area contributed by atoms with Crippen LogP contribution in [0, 0.1) is 5.92 Å². The highest BCUT2D eigenvalue weighted by Crippen LogP contribution is 2.32.